The fourth-order valence-corrected chi connectivity index (χ4v) is 2.14. The second-order valence-corrected chi connectivity index (χ2v) is 5.58. The van der Waals surface area contributed by atoms with Gasteiger partial charge >= 0.3 is 6.61 Å². The molecular weight excluding hydrogens is 254 g/mol. The van der Waals surface area contributed by atoms with Gasteiger partial charge in [-0.3, -0.25) is 0 Å². The highest BCUT2D eigenvalue weighted by Crippen LogP contribution is 2.27. The molecule has 6 heteroatoms. The Hall–Kier alpha value is 0.0600. The smallest absolute Gasteiger partial charge is 0.345 e. The van der Waals surface area contributed by atoms with Gasteiger partial charge in [-0.25, -0.2) is 0 Å². The third-order valence-corrected chi connectivity index (χ3v) is 4.03. The summed E-state index contributed by atoms with van der Waals surface area (Å²) >= 11 is 5.50. The third-order valence-electron chi connectivity index (χ3n) is 2.74. The molecule has 0 heterocycles. The van der Waals surface area contributed by atoms with Gasteiger partial charge in [-0.15, -0.1) is 0 Å². The fourth-order valence-electron chi connectivity index (χ4n) is 1.85. The molecule has 0 aromatic carbocycles. The van der Waals surface area contributed by atoms with Crippen molar-refractivity contribution in [2.24, 2.45) is 5.92 Å². The van der Waals surface area contributed by atoms with Crippen molar-refractivity contribution < 1.29 is 18.3 Å². The zero-order chi connectivity index (χ0) is 12.0. The van der Waals surface area contributed by atoms with Crippen molar-refractivity contribution in [3.8, 4) is 0 Å². The van der Waals surface area contributed by atoms with Crippen molar-refractivity contribution in [3.63, 3.8) is 0 Å². The molecule has 0 radical (unpaired) electrons. The van der Waals surface area contributed by atoms with Gasteiger partial charge in [-0.1, -0.05) is 0 Å². The molecule has 96 valence electrons. The molecule has 0 bridgehead atoms. The molecule has 16 heavy (non-hydrogen) atoms. The van der Waals surface area contributed by atoms with Gasteiger partial charge in [0.15, 0.2) is 4.38 Å². The van der Waals surface area contributed by atoms with E-state index in [4.69, 9.17) is 17.0 Å². The molecule has 1 aliphatic carbocycles. The first kappa shape index (κ1) is 14.1. The van der Waals surface area contributed by atoms with Crippen molar-refractivity contribution in [1.82, 2.24) is 0 Å². The molecule has 1 fully saturated rings. The van der Waals surface area contributed by atoms with E-state index >= 15 is 0 Å². The molecular formula is C10H18F2O2S2. The first-order chi connectivity index (χ1) is 7.61. The first-order valence-electron chi connectivity index (χ1n) is 5.40. The summed E-state index contributed by atoms with van der Waals surface area (Å²) in [4.78, 5) is 0. The minimum Gasteiger partial charge on any atom is -0.480 e. The van der Waals surface area contributed by atoms with E-state index in [1.807, 2.05) is 6.26 Å². The Morgan fingerprint density at radius 1 is 1.38 bits per heavy atom. The maximum absolute atomic E-state index is 12.0. The highest BCUT2D eigenvalue weighted by Gasteiger charge is 2.24. The minimum atomic E-state index is -2.65. The van der Waals surface area contributed by atoms with E-state index in [2.05, 4.69) is 4.74 Å². The van der Waals surface area contributed by atoms with Crippen LogP contribution >= 0.6 is 24.0 Å². The molecule has 0 aromatic rings. The zero-order valence-corrected chi connectivity index (χ0v) is 11.1. The van der Waals surface area contributed by atoms with E-state index in [0.29, 0.717) is 41.5 Å². The molecule has 0 aliphatic heterocycles. The summed E-state index contributed by atoms with van der Waals surface area (Å²) < 4.78 is 34.5. The SMILES string of the molecule is C[SH2]C(=S)OCC1CCC(OC(F)F)CC1. The van der Waals surface area contributed by atoms with Crippen LogP contribution in [0.15, 0.2) is 0 Å². The van der Waals surface area contributed by atoms with Crippen LogP contribution in [0.5, 0.6) is 0 Å². The number of ether oxygens (including phenoxy) is 2. The summed E-state index contributed by atoms with van der Waals surface area (Å²) in [5.41, 5.74) is 0. The van der Waals surface area contributed by atoms with Crippen LogP contribution in [0.4, 0.5) is 8.78 Å². The lowest BCUT2D eigenvalue weighted by atomic mass is 9.88. The number of hydrogen-bond acceptors (Lipinski definition) is 3. The summed E-state index contributed by atoms with van der Waals surface area (Å²) in [5.74, 6) is 0.437. The summed E-state index contributed by atoms with van der Waals surface area (Å²) in [7, 11) is 0. The van der Waals surface area contributed by atoms with E-state index in [1.165, 1.54) is 0 Å². The summed E-state index contributed by atoms with van der Waals surface area (Å²) in [6.45, 7) is -2.02. The van der Waals surface area contributed by atoms with Crippen molar-refractivity contribution in [2.45, 2.75) is 38.4 Å². The van der Waals surface area contributed by atoms with Gasteiger partial charge in [0.05, 0.1) is 12.7 Å². The van der Waals surface area contributed by atoms with Crippen LogP contribution in [0.2, 0.25) is 0 Å². The fraction of sp³-hybridized carbons (Fsp3) is 0.900. The first-order valence-corrected chi connectivity index (χ1v) is 7.30. The topological polar surface area (TPSA) is 18.5 Å². The molecule has 2 nitrogen and oxygen atoms in total. The van der Waals surface area contributed by atoms with Crippen LogP contribution in [0, 0.1) is 5.92 Å². The lowest BCUT2D eigenvalue weighted by Gasteiger charge is -2.28. The van der Waals surface area contributed by atoms with E-state index in [9.17, 15) is 8.78 Å². The predicted molar refractivity (Wildman–Crippen MR) is 67.7 cm³/mol. The quantitative estimate of drug-likeness (QED) is 0.733. The van der Waals surface area contributed by atoms with E-state index in [0.717, 1.165) is 12.8 Å². The van der Waals surface area contributed by atoms with E-state index in [-0.39, 0.29) is 6.10 Å². The third kappa shape index (κ3) is 5.41. The normalized spacial score (nSPS) is 27.0. The Morgan fingerprint density at radius 2 is 2.00 bits per heavy atom. The van der Waals surface area contributed by atoms with Crippen LogP contribution in [0.1, 0.15) is 25.7 Å². The van der Waals surface area contributed by atoms with Gasteiger partial charge in [-0.05, 0) is 50.1 Å². The maximum atomic E-state index is 12.0. The van der Waals surface area contributed by atoms with Crippen molar-refractivity contribution in [2.75, 3.05) is 12.9 Å². The molecule has 0 amide bonds. The van der Waals surface area contributed by atoms with Gasteiger partial charge < -0.3 is 9.47 Å². The highest BCUT2D eigenvalue weighted by molar-refractivity contribution is 8.22. The Balaban J connectivity index is 2.14. The van der Waals surface area contributed by atoms with Gasteiger partial charge in [0.1, 0.15) is 0 Å². The number of halogens is 2. The largest absolute Gasteiger partial charge is 0.480 e. The maximum Gasteiger partial charge on any atom is 0.345 e. The van der Waals surface area contributed by atoms with E-state index < -0.39 is 6.61 Å². The predicted octanol–water partition coefficient (Wildman–Crippen LogP) is 2.91. The molecule has 1 aliphatic rings. The van der Waals surface area contributed by atoms with Crippen LogP contribution in [0.25, 0.3) is 0 Å². The molecule has 0 spiro atoms. The number of alkyl halides is 2. The summed E-state index contributed by atoms with van der Waals surface area (Å²) in [6.07, 6.45) is 4.85. The standard InChI is InChI=1S/C10H18F2O2S2/c1-16-10(15)13-6-7-2-4-8(5-3-7)14-9(11)12/h7-9H,2-6,16H2,1H3. The molecule has 0 atom stereocenters. The summed E-state index contributed by atoms with van der Waals surface area (Å²) in [6, 6.07) is 0. The Bertz CT molecular complexity index is 219. The molecule has 0 N–H and O–H groups in total. The lowest BCUT2D eigenvalue weighted by molar-refractivity contribution is -0.171. The Morgan fingerprint density at radius 3 is 2.50 bits per heavy atom. The Labute approximate surface area is 104 Å². The number of hydrogen-bond donors (Lipinski definition) is 0. The zero-order valence-electron chi connectivity index (χ0n) is 9.25. The number of rotatable bonds is 4. The van der Waals surface area contributed by atoms with Gasteiger partial charge in [-0.2, -0.15) is 20.5 Å². The average molecular weight is 272 g/mol. The average Bonchev–Trinajstić information content (AvgIpc) is 2.27. The van der Waals surface area contributed by atoms with E-state index in [1.54, 1.807) is 0 Å². The van der Waals surface area contributed by atoms with Crippen molar-refractivity contribution in [3.05, 3.63) is 0 Å². The molecule has 1 rings (SSSR count). The molecule has 0 unspecified atom stereocenters. The molecule has 1 saturated carbocycles. The van der Waals surface area contributed by atoms with Crippen molar-refractivity contribution >= 4 is 28.4 Å². The van der Waals surface area contributed by atoms with Crippen LogP contribution in [0.3, 0.4) is 0 Å². The summed E-state index contributed by atoms with van der Waals surface area (Å²) in [5, 5.41) is 0. The van der Waals surface area contributed by atoms with Crippen LogP contribution in [-0.2, 0) is 9.47 Å². The highest BCUT2D eigenvalue weighted by atomic mass is 32.2. The lowest BCUT2D eigenvalue weighted by Crippen LogP contribution is -2.26. The van der Waals surface area contributed by atoms with Gasteiger partial charge in [0.2, 0.25) is 0 Å². The second kappa shape index (κ2) is 7.40. The van der Waals surface area contributed by atoms with Gasteiger partial charge in [0.25, 0.3) is 0 Å². The van der Waals surface area contributed by atoms with Crippen LogP contribution in [-0.4, -0.2) is 30.0 Å². The second-order valence-electron chi connectivity index (χ2n) is 3.89. The Kier molecular flexibility index (Phi) is 6.53. The molecule has 0 saturated heterocycles. The number of thiocarbonyl (C=S) groups is 1. The van der Waals surface area contributed by atoms with Crippen LogP contribution < -0.4 is 0 Å². The monoisotopic (exact) mass is 272 g/mol. The van der Waals surface area contributed by atoms with Crippen molar-refractivity contribution in [1.29, 1.82) is 0 Å². The molecule has 0 aromatic heterocycles. The minimum absolute atomic E-state index is 0.281. The van der Waals surface area contributed by atoms with Gasteiger partial charge in [0, 0.05) is 0 Å².